The molecule has 1 saturated heterocycles. The van der Waals surface area contributed by atoms with E-state index in [2.05, 4.69) is 6.92 Å². The van der Waals surface area contributed by atoms with Crippen molar-refractivity contribution in [1.29, 1.82) is 0 Å². The number of carbonyl (C=O) groups is 2. The van der Waals surface area contributed by atoms with Gasteiger partial charge < -0.3 is 4.90 Å². The molecule has 0 radical (unpaired) electrons. The van der Waals surface area contributed by atoms with Crippen LogP contribution in [0, 0.1) is 5.82 Å². The minimum Gasteiger partial charge on any atom is -0.333 e. The van der Waals surface area contributed by atoms with Gasteiger partial charge in [-0.15, -0.1) is 0 Å². The molecule has 0 N–H and O–H groups in total. The summed E-state index contributed by atoms with van der Waals surface area (Å²) in [6.45, 7) is 3.66. The van der Waals surface area contributed by atoms with Crippen LogP contribution in [0.1, 0.15) is 54.6 Å². The first-order valence-corrected chi connectivity index (χ1v) is 9.59. The molecule has 1 aliphatic rings. The standard InChI is InChI=1S/C23H26FNO2/c1-16-3-13-22(14-8-18-6-11-21(24)12-7-18)25(16)23(27)20-9-4-19(5-10-20)15-17(2)26/h4-7,9-12,16,22H,3,8,13-15H2,1-2H3/t16-,22-/m1/s1. The number of nitrogens with zero attached hydrogens (tertiary/aromatic N) is 1. The zero-order valence-corrected chi connectivity index (χ0v) is 16.0. The molecule has 2 atom stereocenters. The zero-order valence-electron chi connectivity index (χ0n) is 16.0. The Bertz CT molecular complexity index is 798. The Kier molecular flexibility index (Phi) is 6.04. The Hall–Kier alpha value is -2.49. The van der Waals surface area contributed by atoms with Gasteiger partial charge in [-0.25, -0.2) is 4.39 Å². The average Bonchev–Trinajstić information content (AvgIpc) is 3.01. The number of amides is 1. The minimum atomic E-state index is -0.224. The number of Topliss-reactive ketones (excluding diaryl/α,β-unsaturated/α-hetero) is 1. The minimum absolute atomic E-state index is 0.0541. The molecule has 1 aliphatic heterocycles. The molecule has 1 heterocycles. The number of likely N-dealkylation sites (tertiary alicyclic amines) is 1. The summed E-state index contributed by atoms with van der Waals surface area (Å²) >= 11 is 0. The lowest BCUT2D eigenvalue weighted by atomic mass is 10.0. The van der Waals surface area contributed by atoms with Gasteiger partial charge in [-0.2, -0.15) is 0 Å². The van der Waals surface area contributed by atoms with Gasteiger partial charge >= 0.3 is 0 Å². The number of ketones is 1. The van der Waals surface area contributed by atoms with Crippen LogP contribution in [0.3, 0.4) is 0 Å². The molecule has 0 saturated carbocycles. The van der Waals surface area contributed by atoms with E-state index in [-0.39, 0.29) is 29.6 Å². The van der Waals surface area contributed by atoms with Crippen molar-refractivity contribution in [1.82, 2.24) is 4.90 Å². The Balaban J connectivity index is 1.67. The molecule has 142 valence electrons. The van der Waals surface area contributed by atoms with Gasteiger partial charge in [0.05, 0.1) is 0 Å². The van der Waals surface area contributed by atoms with Crippen LogP contribution in [-0.4, -0.2) is 28.7 Å². The zero-order chi connectivity index (χ0) is 19.4. The van der Waals surface area contributed by atoms with Crippen LogP contribution in [0.25, 0.3) is 0 Å². The van der Waals surface area contributed by atoms with Crippen molar-refractivity contribution < 1.29 is 14.0 Å². The van der Waals surface area contributed by atoms with Crippen LogP contribution >= 0.6 is 0 Å². The van der Waals surface area contributed by atoms with E-state index in [1.54, 1.807) is 6.92 Å². The number of aryl methyl sites for hydroxylation is 1. The third-order valence-corrected chi connectivity index (χ3v) is 5.35. The molecule has 3 nitrogen and oxygen atoms in total. The summed E-state index contributed by atoms with van der Waals surface area (Å²) in [4.78, 5) is 26.3. The predicted octanol–water partition coefficient (Wildman–Crippen LogP) is 4.58. The molecule has 1 amide bonds. The van der Waals surface area contributed by atoms with E-state index in [0.717, 1.165) is 36.8 Å². The number of rotatable bonds is 6. The van der Waals surface area contributed by atoms with E-state index in [4.69, 9.17) is 0 Å². The highest BCUT2D eigenvalue weighted by Crippen LogP contribution is 2.29. The smallest absolute Gasteiger partial charge is 0.254 e. The molecule has 2 aromatic rings. The summed E-state index contributed by atoms with van der Waals surface area (Å²) < 4.78 is 13.1. The fourth-order valence-electron chi connectivity index (χ4n) is 3.91. The molecular formula is C23H26FNO2. The second-order valence-electron chi connectivity index (χ2n) is 7.53. The van der Waals surface area contributed by atoms with E-state index < -0.39 is 0 Å². The Morgan fingerprint density at radius 1 is 1.00 bits per heavy atom. The third kappa shape index (κ3) is 4.82. The molecule has 3 rings (SSSR count). The highest BCUT2D eigenvalue weighted by Gasteiger charge is 2.34. The van der Waals surface area contributed by atoms with Gasteiger partial charge in [0.15, 0.2) is 0 Å². The van der Waals surface area contributed by atoms with Gasteiger partial charge in [-0.1, -0.05) is 24.3 Å². The Morgan fingerprint density at radius 2 is 1.63 bits per heavy atom. The topological polar surface area (TPSA) is 37.4 Å². The maximum absolute atomic E-state index is 13.1. The van der Waals surface area contributed by atoms with Gasteiger partial charge in [0, 0.05) is 24.1 Å². The quantitative estimate of drug-likeness (QED) is 0.749. The molecule has 1 fully saturated rings. The Morgan fingerprint density at radius 3 is 2.26 bits per heavy atom. The second kappa shape index (κ2) is 8.47. The number of carbonyl (C=O) groups excluding carboxylic acids is 2. The van der Waals surface area contributed by atoms with Gasteiger partial charge in [0.1, 0.15) is 11.6 Å². The molecular weight excluding hydrogens is 341 g/mol. The normalized spacial score (nSPS) is 19.3. The van der Waals surface area contributed by atoms with Crippen molar-refractivity contribution in [3.05, 3.63) is 71.0 Å². The summed E-state index contributed by atoms with van der Waals surface area (Å²) in [5, 5.41) is 0. The lowest BCUT2D eigenvalue weighted by molar-refractivity contribution is -0.116. The Labute approximate surface area is 160 Å². The monoisotopic (exact) mass is 367 g/mol. The maximum Gasteiger partial charge on any atom is 0.254 e. The number of halogens is 1. The first kappa shape index (κ1) is 19.3. The molecule has 0 bridgehead atoms. The second-order valence-corrected chi connectivity index (χ2v) is 7.53. The van der Waals surface area contributed by atoms with Crippen LogP contribution in [0.15, 0.2) is 48.5 Å². The van der Waals surface area contributed by atoms with Crippen molar-refractivity contribution in [2.75, 3.05) is 0 Å². The molecule has 4 heteroatoms. The maximum atomic E-state index is 13.1. The van der Waals surface area contributed by atoms with Crippen LogP contribution in [0.4, 0.5) is 4.39 Å². The van der Waals surface area contributed by atoms with Gasteiger partial charge in [0.25, 0.3) is 5.91 Å². The van der Waals surface area contributed by atoms with E-state index >= 15 is 0 Å². The van der Waals surface area contributed by atoms with Crippen LogP contribution < -0.4 is 0 Å². The lowest BCUT2D eigenvalue weighted by Gasteiger charge is -2.29. The SMILES string of the molecule is CC(=O)Cc1ccc(C(=O)N2[C@@H](CCc3ccc(F)cc3)CC[C@H]2C)cc1. The average molecular weight is 367 g/mol. The highest BCUT2D eigenvalue weighted by atomic mass is 19.1. The van der Waals surface area contributed by atoms with Crippen molar-refractivity contribution in [2.45, 2.75) is 58.0 Å². The molecule has 2 aromatic carbocycles. The van der Waals surface area contributed by atoms with Crippen molar-refractivity contribution in [2.24, 2.45) is 0 Å². The van der Waals surface area contributed by atoms with Crippen molar-refractivity contribution in [3.63, 3.8) is 0 Å². The van der Waals surface area contributed by atoms with Crippen LogP contribution in [-0.2, 0) is 17.6 Å². The van der Waals surface area contributed by atoms with E-state index in [9.17, 15) is 14.0 Å². The van der Waals surface area contributed by atoms with Crippen molar-refractivity contribution >= 4 is 11.7 Å². The lowest BCUT2D eigenvalue weighted by Crippen LogP contribution is -2.40. The molecule has 27 heavy (non-hydrogen) atoms. The van der Waals surface area contributed by atoms with Gasteiger partial charge in [0.2, 0.25) is 0 Å². The third-order valence-electron chi connectivity index (χ3n) is 5.35. The number of hydrogen-bond acceptors (Lipinski definition) is 2. The number of benzene rings is 2. The van der Waals surface area contributed by atoms with E-state index in [1.807, 2.05) is 41.3 Å². The first-order valence-electron chi connectivity index (χ1n) is 9.59. The van der Waals surface area contributed by atoms with Crippen molar-refractivity contribution in [3.8, 4) is 0 Å². The summed E-state index contributed by atoms with van der Waals surface area (Å²) in [6, 6.07) is 14.4. The summed E-state index contributed by atoms with van der Waals surface area (Å²) in [6.07, 6.45) is 4.11. The fourth-order valence-corrected chi connectivity index (χ4v) is 3.91. The van der Waals surface area contributed by atoms with Gasteiger partial charge in [-0.3, -0.25) is 9.59 Å². The molecule has 0 unspecified atom stereocenters. The summed E-state index contributed by atoms with van der Waals surface area (Å²) in [7, 11) is 0. The van der Waals surface area contributed by atoms with Crippen LogP contribution in [0.2, 0.25) is 0 Å². The summed E-state index contributed by atoms with van der Waals surface area (Å²) in [5.41, 5.74) is 2.70. The van der Waals surface area contributed by atoms with E-state index in [1.165, 1.54) is 12.1 Å². The molecule has 0 aliphatic carbocycles. The summed E-state index contributed by atoms with van der Waals surface area (Å²) in [5.74, 6) is -0.0557. The molecule has 0 aromatic heterocycles. The van der Waals surface area contributed by atoms with Crippen LogP contribution in [0.5, 0.6) is 0 Å². The fraction of sp³-hybridized carbons (Fsp3) is 0.391. The molecule has 0 spiro atoms. The largest absolute Gasteiger partial charge is 0.333 e. The first-order chi connectivity index (χ1) is 12.9. The number of hydrogen-bond donors (Lipinski definition) is 0. The van der Waals surface area contributed by atoms with E-state index in [0.29, 0.717) is 12.0 Å². The van der Waals surface area contributed by atoms with Gasteiger partial charge in [-0.05, 0) is 74.9 Å². The highest BCUT2D eigenvalue weighted by molar-refractivity contribution is 5.95. The predicted molar refractivity (Wildman–Crippen MR) is 104 cm³/mol.